The largest absolute Gasteiger partial charge is 0.324 e. The van der Waals surface area contributed by atoms with Crippen molar-refractivity contribution in [1.82, 2.24) is 0 Å². The molecule has 0 saturated heterocycles. The molecule has 0 saturated carbocycles. The number of benzene rings is 2. The second-order valence-electron chi connectivity index (χ2n) is 4.55. The molecular formula is C16H14N2OS. The van der Waals surface area contributed by atoms with Crippen LogP contribution in [0.5, 0.6) is 0 Å². The maximum absolute atomic E-state index is 12.2. The van der Waals surface area contributed by atoms with E-state index in [4.69, 9.17) is 5.73 Å². The van der Waals surface area contributed by atoms with E-state index in [2.05, 4.69) is 5.32 Å². The summed E-state index contributed by atoms with van der Waals surface area (Å²) in [6.45, 7) is 0. The number of hydrogen-bond acceptors (Lipinski definition) is 3. The Bertz CT molecular complexity index is 736. The van der Waals surface area contributed by atoms with Crippen LogP contribution in [0.4, 0.5) is 5.69 Å². The van der Waals surface area contributed by atoms with Crippen LogP contribution in [0.2, 0.25) is 0 Å². The Hall–Kier alpha value is -2.17. The summed E-state index contributed by atoms with van der Waals surface area (Å²) in [5, 5.41) is 6.02. The molecule has 3 N–H and O–H groups in total. The molecule has 0 spiro atoms. The average Bonchev–Trinajstić information content (AvgIpc) is 2.95. The Balaban J connectivity index is 1.78. The van der Waals surface area contributed by atoms with Gasteiger partial charge in [0.1, 0.15) is 6.04 Å². The summed E-state index contributed by atoms with van der Waals surface area (Å²) in [6.07, 6.45) is 0. The second-order valence-corrected chi connectivity index (χ2v) is 5.50. The monoisotopic (exact) mass is 282 g/mol. The van der Waals surface area contributed by atoms with Crippen molar-refractivity contribution in [3.63, 3.8) is 0 Å². The zero-order chi connectivity index (χ0) is 13.9. The van der Waals surface area contributed by atoms with E-state index in [0.717, 1.165) is 16.6 Å². The fraction of sp³-hybridized carbons (Fsp3) is 0.0625. The Labute approximate surface area is 121 Å². The standard InChI is InChI=1S/C16H14N2OS/c17-15(11-4-2-1-3-5-11)16(19)18-13-6-7-14-12(10-13)8-9-20-14/h1-10,15H,17H2,(H,18,19)/t15-/m1/s1. The number of carbonyl (C=O) groups excluding carboxylic acids is 1. The fourth-order valence-corrected chi connectivity index (χ4v) is 2.85. The van der Waals surface area contributed by atoms with E-state index < -0.39 is 6.04 Å². The van der Waals surface area contributed by atoms with Crippen molar-refractivity contribution in [3.8, 4) is 0 Å². The lowest BCUT2D eigenvalue weighted by molar-refractivity contribution is -0.117. The summed E-state index contributed by atoms with van der Waals surface area (Å²) in [6, 6.07) is 16.6. The summed E-state index contributed by atoms with van der Waals surface area (Å²) in [5.74, 6) is -0.203. The van der Waals surface area contributed by atoms with Crippen LogP contribution in [0.15, 0.2) is 60.0 Å². The molecule has 1 aromatic heterocycles. The van der Waals surface area contributed by atoms with Gasteiger partial charge in [-0.2, -0.15) is 0 Å². The maximum Gasteiger partial charge on any atom is 0.245 e. The summed E-state index contributed by atoms with van der Waals surface area (Å²) in [5.41, 5.74) is 7.55. The number of fused-ring (bicyclic) bond motifs is 1. The number of anilines is 1. The van der Waals surface area contributed by atoms with Crippen LogP contribution in [0, 0.1) is 0 Å². The van der Waals surface area contributed by atoms with Crippen molar-refractivity contribution < 1.29 is 4.79 Å². The molecule has 0 bridgehead atoms. The molecule has 0 unspecified atom stereocenters. The van der Waals surface area contributed by atoms with Gasteiger partial charge in [0, 0.05) is 10.4 Å². The maximum atomic E-state index is 12.2. The number of hydrogen-bond donors (Lipinski definition) is 2. The highest BCUT2D eigenvalue weighted by atomic mass is 32.1. The van der Waals surface area contributed by atoms with Crippen molar-refractivity contribution in [2.45, 2.75) is 6.04 Å². The predicted octanol–water partition coefficient (Wildman–Crippen LogP) is 3.54. The Morgan fingerprint density at radius 3 is 2.70 bits per heavy atom. The van der Waals surface area contributed by atoms with Gasteiger partial charge in [0.05, 0.1) is 0 Å². The minimum atomic E-state index is -0.658. The molecule has 0 aliphatic rings. The van der Waals surface area contributed by atoms with Crippen molar-refractivity contribution >= 4 is 33.0 Å². The SMILES string of the molecule is N[C@@H](C(=O)Nc1ccc2sccc2c1)c1ccccc1. The van der Waals surface area contributed by atoms with Gasteiger partial charge in [0.2, 0.25) is 5.91 Å². The van der Waals surface area contributed by atoms with Crippen molar-refractivity contribution in [2.75, 3.05) is 5.32 Å². The molecule has 3 aromatic rings. The van der Waals surface area contributed by atoms with E-state index >= 15 is 0 Å². The smallest absolute Gasteiger partial charge is 0.245 e. The Morgan fingerprint density at radius 1 is 1.10 bits per heavy atom. The van der Waals surface area contributed by atoms with Gasteiger partial charge in [-0.15, -0.1) is 11.3 Å². The summed E-state index contributed by atoms with van der Waals surface area (Å²) in [4.78, 5) is 12.2. The highest BCUT2D eigenvalue weighted by molar-refractivity contribution is 7.17. The second kappa shape index (κ2) is 5.45. The van der Waals surface area contributed by atoms with E-state index in [0.29, 0.717) is 0 Å². The third-order valence-electron chi connectivity index (χ3n) is 3.16. The molecule has 1 amide bonds. The Kier molecular flexibility index (Phi) is 3.50. The number of nitrogens with one attached hydrogen (secondary N) is 1. The number of rotatable bonds is 3. The van der Waals surface area contributed by atoms with Gasteiger partial charge in [-0.3, -0.25) is 4.79 Å². The van der Waals surface area contributed by atoms with Crippen LogP contribution in [0.25, 0.3) is 10.1 Å². The van der Waals surface area contributed by atoms with Crippen LogP contribution in [0.3, 0.4) is 0 Å². The molecule has 2 aromatic carbocycles. The molecule has 0 aliphatic heterocycles. The van der Waals surface area contributed by atoms with Gasteiger partial charge in [0.25, 0.3) is 0 Å². The van der Waals surface area contributed by atoms with E-state index in [-0.39, 0.29) is 5.91 Å². The molecule has 3 rings (SSSR count). The first-order valence-corrected chi connectivity index (χ1v) is 7.21. The molecule has 1 atom stereocenters. The first-order chi connectivity index (χ1) is 9.74. The summed E-state index contributed by atoms with van der Waals surface area (Å²) < 4.78 is 1.20. The van der Waals surface area contributed by atoms with Crippen LogP contribution < -0.4 is 11.1 Å². The summed E-state index contributed by atoms with van der Waals surface area (Å²) >= 11 is 1.68. The molecule has 20 heavy (non-hydrogen) atoms. The van der Waals surface area contributed by atoms with Crippen LogP contribution in [-0.2, 0) is 4.79 Å². The molecular weight excluding hydrogens is 268 g/mol. The van der Waals surface area contributed by atoms with Gasteiger partial charge in [-0.1, -0.05) is 30.3 Å². The topological polar surface area (TPSA) is 55.1 Å². The molecule has 0 aliphatic carbocycles. The van der Waals surface area contributed by atoms with E-state index in [1.165, 1.54) is 4.70 Å². The lowest BCUT2D eigenvalue weighted by Gasteiger charge is -2.12. The van der Waals surface area contributed by atoms with Gasteiger partial charge in [0.15, 0.2) is 0 Å². The van der Waals surface area contributed by atoms with Crippen LogP contribution >= 0.6 is 11.3 Å². The molecule has 0 radical (unpaired) electrons. The molecule has 4 heteroatoms. The highest BCUT2D eigenvalue weighted by Crippen LogP contribution is 2.24. The predicted molar refractivity (Wildman–Crippen MR) is 83.8 cm³/mol. The van der Waals surface area contributed by atoms with Crippen LogP contribution in [-0.4, -0.2) is 5.91 Å². The number of nitrogens with two attached hydrogens (primary N) is 1. The van der Waals surface area contributed by atoms with Gasteiger partial charge in [-0.25, -0.2) is 0 Å². The fourth-order valence-electron chi connectivity index (χ4n) is 2.08. The normalized spacial score (nSPS) is 12.2. The third kappa shape index (κ3) is 2.57. The molecule has 1 heterocycles. The minimum absolute atomic E-state index is 0.203. The first kappa shape index (κ1) is 12.8. The first-order valence-electron chi connectivity index (χ1n) is 6.33. The van der Waals surface area contributed by atoms with E-state index in [1.807, 2.05) is 60.0 Å². The van der Waals surface area contributed by atoms with Gasteiger partial charge >= 0.3 is 0 Å². The van der Waals surface area contributed by atoms with E-state index in [9.17, 15) is 4.79 Å². The quantitative estimate of drug-likeness (QED) is 0.772. The molecule has 100 valence electrons. The van der Waals surface area contributed by atoms with Gasteiger partial charge < -0.3 is 11.1 Å². The van der Waals surface area contributed by atoms with Crippen molar-refractivity contribution in [2.24, 2.45) is 5.73 Å². The number of carbonyl (C=O) groups is 1. The van der Waals surface area contributed by atoms with Crippen molar-refractivity contribution in [1.29, 1.82) is 0 Å². The molecule has 0 fully saturated rings. The zero-order valence-electron chi connectivity index (χ0n) is 10.7. The number of amides is 1. The molecule has 3 nitrogen and oxygen atoms in total. The third-order valence-corrected chi connectivity index (χ3v) is 4.06. The average molecular weight is 282 g/mol. The lowest BCUT2D eigenvalue weighted by Crippen LogP contribution is -2.27. The lowest BCUT2D eigenvalue weighted by atomic mass is 10.1. The van der Waals surface area contributed by atoms with Gasteiger partial charge in [-0.05, 0) is 40.6 Å². The highest BCUT2D eigenvalue weighted by Gasteiger charge is 2.15. The summed E-state index contributed by atoms with van der Waals surface area (Å²) in [7, 11) is 0. The zero-order valence-corrected chi connectivity index (χ0v) is 11.6. The minimum Gasteiger partial charge on any atom is -0.324 e. The Morgan fingerprint density at radius 2 is 1.90 bits per heavy atom. The van der Waals surface area contributed by atoms with E-state index in [1.54, 1.807) is 11.3 Å². The van der Waals surface area contributed by atoms with Crippen LogP contribution in [0.1, 0.15) is 11.6 Å². The van der Waals surface area contributed by atoms with Crippen molar-refractivity contribution in [3.05, 3.63) is 65.5 Å². The number of thiophene rings is 1.